The molecule has 0 aliphatic carbocycles. The van der Waals surface area contributed by atoms with Crippen molar-refractivity contribution in [1.29, 1.82) is 0 Å². The van der Waals surface area contributed by atoms with Gasteiger partial charge in [0.05, 0.1) is 12.8 Å². The molecule has 1 atom stereocenters. The van der Waals surface area contributed by atoms with Gasteiger partial charge < -0.3 is 15.4 Å². The topological polar surface area (TPSA) is 92.2 Å². The van der Waals surface area contributed by atoms with Crippen LogP contribution in [0, 0.1) is 5.41 Å². The van der Waals surface area contributed by atoms with E-state index in [2.05, 4.69) is 20.8 Å². The minimum Gasteiger partial charge on any atom is -0.495 e. The Balaban J connectivity index is 1.98. The van der Waals surface area contributed by atoms with Gasteiger partial charge in [0, 0.05) is 17.5 Å². The molecule has 1 heterocycles. The molecule has 7 nitrogen and oxygen atoms in total. The fourth-order valence-electron chi connectivity index (χ4n) is 1.97. The van der Waals surface area contributed by atoms with Crippen LogP contribution in [-0.4, -0.2) is 35.1 Å². The minimum absolute atomic E-state index is 0.0372. The van der Waals surface area contributed by atoms with E-state index in [9.17, 15) is 9.59 Å². The van der Waals surface area contributed by atoms with Crippen LogP contribution >= 0.6 is 11.8 Å². The summed E-state index contributed by atoms with van der Waals surface area (Å²) in [6.07, 6.45) is 0.0372. The lowest BCUT2D eigenvalue weighted by Crippen LogP contribution is -2.28. The van der Waals surface area contributed by atoms with E-state index in [1.165, 1.54) is 18.9 Å². The Labute approximate surface area is 157 Å². The normalized spacial score (nSPS) is 19.4. The summed E-state index contributed by atoms with van der Waals surface area (Å²) in [5.41, 5.74) is 1.34. The van der Waals surface area contributed by atoms with Gasteiger partial charge in [0.25, 0.3) is 0 Å². The minimum atomic E-state index is -0.534. The number of nitrogens with zero attached hydrogens (tertiary/aromatic N) is 2. The molecule has 0 aromatic heterocycles. The number of methoxy groups -OCH3 is 1. The molecule has 0 spiro atoms. The summed E-state index contributed by atoms with van der Waals surface area (Å²) in [7, 11) is 1.54. The fraction of sp³-hybridized carbons (Fsp3) is 0.444. The first-order valence-electron chi connectivity index (χ1n) is 8.24. The second-order valence-electron chi connectivity index (χ2n) is 6.89. The molecule has 0 radical (unpaired) electrons. The number of amides is 2. The van der Waals surface area contributed by atoms with Crippen molar-refractivity contribution in [2.45, 2.75) is 39.4 Å². The lowest BCUT2D eigenvalue weighted by molar-refractivity contribution is -0.122. The highest BCUT2D eigenvalue weighted by molar-refractivity contribution is 8.15. The molecule has 0 bridgehead atoms. The van der Waals surface area contributed by atoms with E-state index in [-0.39, 0.29) is 23.7 Å². The molecule has 2 rings (SSSR count). The van der Waals surface area contributed by atoms with Crippen molar-refractivity contribution in [2.75, 3.05) is 12.4 Å². The first kappa shape index (κ1) is 20.0. The number of rotatable bonds is 5. The molecule has 1 aliphatic heterocycles. The van der Waals surface area contributed by atoms with Crippen molar-refractivity contribution in [3.8, 4) is 5.75 Å². The van der Waals surface area contributed by atoms with Crippen LogP contribution in [0.2, 0.25) is 0 Å². The van der Waals surface area contributed by atoms with Gasteiger partial charge in [-0.25, -0.2) is 0 Å². The van der Waals surface area contributed by atoms with Crippen molar-refractivity contribution >= 4 is 40.1 Å². The molecule has 0 saturated carbocycles. The molecule has 1 aliphatic rings. The summed E-state index contributed by atoms with van der Waals surface area (Å²) in [6, 6.07) is 7.12. The van der Waals surface area contributed by atoms with E-state index in [0.29, 0.717) is 16.6 Å². The van der Waals surface area contributed by atoms with E-state index in [1.54, 1.807) is 18.2 Å². The Bertz CT molecular complexity index is 753. The van der Waals surface area contributed by atoms with Gasteiger partial charge in [0.2, 0.25) is 11.8 Å². The van der Waals surface area contributed by atoms with Crippen LogP contribution in [0.5, 0.6) is 5.75 Å². The van der Waals surface area contributed by atoms with Gasteiger partial charge in [-0.2, -0.15) is 5.10 Å². The fourth-order valence-corrected chi connectivity index (χ4v) is 2.89. The number of nitrogens with one attached hydrogen (secondary N) is 2. The highest BCUT2D eigenvalue weighted by atomic mass is 32.2. The number of para-hydroxylation sites is 2. The first-order valence-corrected chi connectivity index (χ1v) is 9.12. The average molecular weight is 376 g/mol. The zero-order valence-electron chi connectivity index (χ0n) is 15.6. The molecule has 1 unspecified atom stereocenters. The Hall–Kier alpha value is -2.35. The van der Waals surface area contributed by atoms with Crippen LogP contribution in [0.15, 0.2) is 34.5 Å². The third kappa shape index (κ3) is 5.32. The Kier molecular flexibility index (Phi) is 6.42. The number of ether oxygens (including phenoxy) is 1. The van der Waals surface area contributed by atoms with Crippen molar-refractivity contribution < 1.29 is 14.3 Å². The molecule has 26 heavy (non-hydrogen) atoms. The average Bonchev–Trinajstić information content (AvgIpc) is 2.91. The molecular formula is C18H24N4O3S. The number of benzene rings is 1. The maximum atomic E-state index is 12.3. The second kappa shape index (κ2) is 8.35. The van der Waals surface area contributed by atoms with E-state index >= 15 is 0 Å². The molecule has 140 valence electrons. The number of hydrogen-bond acceptors (Lipinski definition) is 6. The van der Waals surface area contributed by atoms with Crippen molar-refractivity contribution in [2.24, 2.45) is 15.6 Å². The summed E-state index contributed by atoms with van der Waals surface area (Å²) in [6.45, 7) is 8.01. The highest BCUT2D eigenvalue weighted by Crippen LogP contribution is 2.26. The number of amidine groups is 1. The molecule has 1 aromatic rings. The number of carbonyl (C=O) groups is 2. The first-order chi connectivity index (χ1) is 12.2. The van der Waals surface area contributed by atoms with Gasteiger partial charge in [-0.1, -0.05) is 44.7 Å². The zero-order chi connectivity index (χ0) is 19.3. The van der Waals surface area contributed by atoms with Gasteiger partial charge in [-0.05, 0) is 19.1 Å². The van der Waals surface area contributed by atoms with Crippen LogP contribution in [0.25, 0.3) is 0 Å². The lowest BCUT2D eigenvalue weighted by atomic mass is 9.91. The maximum Gasteiger partial charge on any atom is 0.240 e. The number of thioether (sulfide) groups is 1. The summed E-state index contributed by atoms with van der Waals surface area (Å²) in [5, 5.41) is 13.6. The standard InChI is InChI=1S/C18H24N4O3S/c1-11(18(2,3)4)21-22-17-20-16(24)14(26-17)10-15(23)19-12-8-6-7-9-13(12)25-5/h6-9,14H,10H2,1-5H3,(H,19,23)(H,20,22,24). The molecule has 1 fully saturated rings. The predicted molar refractivity (Wildman–Crippen MR) is 106 cm³/mol. The highest BCUT2D eigenvalue weighted by Gasteiger charge is 2.32. The van der Waals surface area contributed by atoms with Crippen LogP contribution in [0.4, 0.5) is 5.69 Å². The molecule has 2 N–H and O–H groups in total. The van der Waals surface area contributed by atoms with Crippen molar-refractivity contribution in [1.82, 2.24) is 5.32 Å². The van der Waals surface area contributed by atoms with Gasteiger partial charge in [0.15, 0.2) is 5.17 Å². The van der Waals surface area contributed by atoms with Crippen molar-refractivity contribution in [3.05, 3.63) is 24.3 Å². The maximum absolute atomic E-state index is 12.3. The summed E-state index contributed by atoms with van der Waals surface area (Å²) in [5.74, 6) is 0.0592. The predicted octanol–water partition coefficient (Wildman–Crippen LogP) is 3.03. The monoisotopic (exact) mass is 376 g/mol. The number of anilines is 1. The smallest absolute Gasteiger partial charge is 0.240 e. The molecule has 1 aromatic carbocycles. The molecule has 1 saturated heterocycles. The van der Waals surface area contributed by atoms with Gasteiger partial charge in [-0.15, -0.1) is 5.10 Å². The lowest BCUT2D eigenvalue weighted by Gasteiger charge is -2.16. The summed E-state index contributed by atoms with van der Waals surface area (Å²) >= 11 is 1.21. The van der Waals surface area contributed by atoms with E-state index < -0.39 is 5.25 Å². The quantitative estimate of drug-likeness (QED) is 0.610. The van der Waals surface area contributed by atoms with Crippen LogP contribution in [-0.2, 0) is 9.59 Å². The Morgan fingerprint density at radius 3 is 2.69 bits per heavy atom. The van der Waals surface area contributed by atoms with E-state index in [1.807, 2.05) is 33.8 Å². The van der Waals surface area contributed by atoms with Gasteiger partial charge in [0.1, 0.15) is 11.0 Å². The zero-order valence-corrected chi connectivity index (χ0v) is 16.4. The Morgan fingerprint density at radius 1 is 1.35 bits per heavy atom. The molecular weight excluding hydrogens is 352 g/mol. The number of hydrogen-bond donors (Lipinski definition) is 2. The van der Waals surface area contributed by atoms with Crippen LogP contribution in [0.3, 0.4) is 0 Å². The molecule has 8 heteroatoms. The van der Waals surface area contributed by atoms with Crippen molar-refractivity contribution in [3.63, 3.8) is 0 Å². The van der Waals surface area contributed by atoms with Gasteiger partial charge in [-0.3, -0.25) is 9.59 Å². The Morgan fingerprint density at radius 2 is 2.04 bits per heavy atom. The van der Waals surface area contributed by atoms with Crippen LogP contribution in [0.1, 0.15) is 34.1 Å². The number of carbonyl (C=O) groups excluding carboxylic acids is 2. The van der Waals surface area contributed by atoms with E-state index in [0.717, 1.165) is 5.71 Å². The second-order valence-corrected chi connectivity index (χ2v) is 8.08. The van der Waals surface area contributed by atoms with E-state index in [4.69, 9.17) is 4.74 Å². The third-order valence-corrected chi connectivity index (χ3v) is 4.98. The van der Waals surface area contributed by atoms with Gasteiger partial charge >= 0.3 is 0 Å². The summed E-state index contributed by atoms with van der Waals surface area (Å²) in [4.78, 5) is 24.3. The third-order valence-electron chi connectivity index (χ3n) is 3.90. The summed E-state index contributed by atoms with van der Waals surface area (Å²) < 4.78 is 5.20. The molecule has 2 amide bonds. The van der Waals surface area contributed by atoms with Crippen LogP contribution < -0.4 is 15.4 Å². The largest absolute Gasteiger partial charge is 0.495 e. The SMILES string of the molecule is COc1ccccc1NC(=O)CC1SC(=NN=C(C)C(C)(C)C)NC1=O.